The van der Waals surface area contributed by atoms with Gasteiger partial charge in [0.1, 0.15) is 5.56 Å². The lowest BCUT2D eigenvalue weighted by molar-refractivity contribution is -0.385. The molecule has 0 aliphatic heterocycles. The molecule has 112 valence electrons. The largest absolute Gasteiger partial charge is 0.282 e. The second kappa shape index (κ2) is 6.17. The van der Waals surface area contributed by atoms with Crippen molar-refractivity contribution in [3.05, 3.63) is 69.8 Å². The first kappa shape index (κ1) is 15.4. The van der Waals surface area contributed by atoms with Crippen molar-refractivity contribution < 1.29 is 14.5 Å². The second-order valence-electron chi connectivity index (χ2n) is 4.72. The van der Waals surface area contributed by atoms with Crippen LogP contribution in [0.1, 0.15) is 22.8 Å². The van der Waals surface area contributed by atoms with Gasteiger partial charge in [0.15, 0.2) is 0 Å². The van der Waals surface area contributed by atoms with E-state index in [9.17, 15) is 19.7 Å². The molecule has 0 spiro atoms. The van der Waals surface area contributed by atoms with Gasteiger partial charge in [0, 0.05) is 13.0 Å². The van der Waals surface area contributed by atoms with E-state index in [-0.39, 0.29) is 11.3 Å². The van der Waals surface area contributed by atoms with Crippen molar-refractivity contribution in [2.75, 3.05) is 4.90 Å². The van der Waals surface area contributed by atoms with Crippen LogP contribution >= 0.6 is 0 Å². The smallest absolute Gasteiger partial charge is 0.274 e. The van der Waals surface area contributed by atoms with Crippen molar-refractivity contribution in [3.63, 3.8) is 0 Å². The van der Waals surface area contributed by atoms with Crippen molar-refractivity contribution in [2.45, 2.75) is 13.8 Å². The van der Waals surface area contributed by atoms with Crippen LogP contribution in [0.5, 0.6) is 0 Å². The third kappa shape index (κ3) is 2.85. The molecule has 0 atom stereocenters. The lowest BCUT2D eigenvalue weighted by Crippen LogP contribution is -2.36. The Morgan fingerprint density at radius 1 is 1.05 bits per heavy atom. The monoisotopic (exact) mass is 298 g/mol. The Bertz CT molecular complexity index is 755. The minimum atomic E-state index is -0.714. The first-order valence-corrected chi connectivity index (χ1v) is 6.57. The summed E-state index contributed by atoms with van der Waals surface area (Å²) in [7, 11) is 0. The SMILES string of the molecule is CC(=O)N(C(=O)c1ccccc1[N+](=O)[O-])c1ccccc1C. The molecule has 0 bridgehead atoms. The zero-order valence-corrected chi connectivity index (χ0v) is 12.1. The third-order valence-electron chi connectivity index (χ3n) is 3.21. The Morgan fingerprint density at radius 3 is 2.23 bits per heavy atom. The number of carbonyl (C=O) groups excluding carboxylic acids is 2. The summed E-state index contributed by atoms with van der Waals surface area (Å²) in [5, 5.41) is 11.1. The minimum absolute atomic E-state index is 0.119. The fourth-order valence-corrected chi connectivity index (χ4v) is 2.17. The number of anilines is 1. The molecule has 22 heavy (non-hydrogen) atoms. The van der Waals surface area contributed by atoms with Crippen LogP contribution in [-0.2, 0) is 4.79 Å². The molecule has 0 aromatic heterocycles. The maximum Gasteiger partial charge on any atom is 0.282 e. The van der Waals surface area contributed by atoms with Crippen molar-refractivity contribution in [3.8, 4) is 0 Å². The molecule has 0 fully saturated rings. The molecular formula is C16H14N2O4. The minimum Gasteiger partial charge on any atom is -0.274 e. The number of aryl methyl sites for hydroxylation is 1. The highest BCUT2D eigenvalue weighted by molar-refractivity contribution is 6.22. The Kier molecular flexibility index (Phi) is 4.31. The molecule has 0 aliphatic carbocycles. The van der Waals surface area contributed by atoms with Crippen LogP contribution < -0.4 is 4.90 Å². The number of carbonyl (C=O) groups is 2. The molecule has 2 aromatic carbocycles. The number of nitrogens with zero attached hydrogens (tertiary/aromatic N) is 2. The van der Waals surface area contributed by atoms with Gasteiger partial charge in [0.05, 0.1) is 10.6 Å². The van der Waals surface area contributed by atoms with Gasteiger partial charge in [-0.3, -0.25) is 19.7 Å². The molecule has 0 saturated carbocycles. The summed E-state index contributed by atoms with van der Waals surface area (Å²) in [4.78, 5) is 36.0. The predicted molar refractivity (Wildman–Crippen MR) is 81.8 cm³/mol. The van der Waals surface area contributed by atoms with Crippen molar-refractivity contribution >= 4 is 23.2 Å². The van der Waals surface area contributed by atoms with E-state index >= 15 is 0 Å². The number of hydrogen-bond donors (Lipinski definition) is 0. The molecule has 0 saturated heterocycles. The number of amides is 2. The molecule has 0 aliphatic rings. The Morgan fingerprint density at radius 2 is 1.64 bits per heavy atom. The molecule has 2 rings (SSSR count). The summed E-state index contributed by atoms with van der Waals surface area (Å²) in [6.45, 7) is 3.01. The van der Waals surface area contributed by atoms with Crippen LogP contribution in [0.4, 0.5) is 11.4 Å². The van der Waals surface area contributed by atoms with Crippen LogP contribution in [0.25, 0.3) is 0 Å². The molecule has 0 radical (unpaired) electrons. The van der Waals surface area contributed by atoms with Crippen molar-refractivity contribution in [1.29, 1.82) is 0 Å². The topological polar surface area (TPSA) is 80.5 Å². The highest BCUT2D eigenvalue weighted by atomic mass is 16.6. The van der Waals surface area contributed by atoms with E-state index in [0.29, 0.717) is 5.69 Å². The highest BCUT2D eigenvalue weighted by Gasteiger charge is 2.28. The van der Waals surface area contributed by atoms with Crippen molar-refractivity contribution in [1.82, 2.24) is 0 Å². The maximum absolute atomic E-state index is 12.7. The summed E-state index contributed by atoms with van der Waals surface area (Å²) in [5.41, 5.74) is 0.695. The number of para-hydroxylation sites is 2. The van der Waals surface area contributed by atoms with Gasteiger partial charge in [-0.05, 0) is 24.6 Å². The van der Waals surface area contributed by atoms with Gasteiger partial charge in [-0.1, -0.05) is 30.3 Å². The maximum atomic E-state index is 12.7. The molecule has 2 amide bonds. The van der Waals surface area contributed by atoms with Gasteiger partial charge in [0.2, 0.25) is 5.91 Å². The average molecular weight is 298 g/mol. The summed E-state index contributed by atoms with van der Waals surface area (Å²) in [6.07, 6.45) is 0. The zero-order valence-electron chi connectivity index (χ0n) is 12.1. The van der Waals surface area contributed by atoms with Crippen LogP contribution in [0.15, 0.2) is 48.5 Å². The molecule has 0 N–H and O–H groups in total. The first-order chi connectivity index (χ1) is 10.4. The van der Waals surface area contributed by atoms with Crippen LogP contribution in [0.3, 0.4) is 0 Å². The summed E-state index contributed by atoms with van der Waals surface area (Å²) in [5.74, 6) is -1.22. The van der Waals surface area contributed by atoms with E-state index < -0.39 is 16.7 Å². The van der Waals surface area contributed by atoms with Crippen molar-refractivity contribution in [2.24, 2.45) is 0 Å². The number of nitro groups is 1. The molecule has 0 heterocycles. The van der Waals surface area contributed by atoms with Gasteiger partial charge in [0.25, 0.3) is 11.6 Å². The van der Waals surface area contributed by atoms with E-state index in [0.717, 1.165) is 10.5 Å². The van der Waals surface area contributed by atoms with E-state index in [1.165, 1.54) is 31.2 Å². The molecular weight excluding hydrogens is 284 g/mol. The lowest BCUT2D eigenvalue weighted by Gasteiger charge is -2.21. The highest BCUT2D eigenvalue weighted by Crippen LogP contribution is 2.25. The van der Waals surface area contributed by atoms with Gasteiger partial charge >= 0.3 is 0 Å². The Labute approximate surface area is 127 Å². The van der Waals surface area contributed by atoms with Crippen LogP contribution in [-0.4, -0.2) is 16.7 Å². The van der Waals surface area contributed by atoms with Gasteiger partial charge in [-0.25, -0.2) is 4.90 Å². The molecule has 0 unspecified atom stereocenters. The normalized spacial score (nSPS) is 10.1. The third-order valence-corrected chi connectivity index (χ3v) is 3.21. The summed E-state index contributed by atoms with van der Waals surface area (Å²) >= 11 is 0. The van der Waals surface area contributed by atoms with E-state index in [1.807, 2.05) is 0 Å². The number of nitro benzene ring substituents is 1. The summed E-state index contributed by atoms with van der Waals surface area (Å²) in [6, 6.07) is 12.5. The quantitative estimate of drug-likeness (QED) is 0.644. The van der Waals surface area contributed by atoms with Gasteiger partial charge in [-0.2, -0.15) is 0 Å². The van der Waals surface area contributed by atoms with E-state index in [1.54, 1.807) is 31.2 Å². The van der Waals surface area contributed by atoms with E-state index in [2.05, 4.69) is 0 Å². The predicted octanol–water partition coefficient (Wildman–Crippen LogP) is 3.10. The average Bonchev–Trinajstić information content (AvgIpc) is 2.49. The Balaban J connectivity index is 2.56. The number of rotatable bonds is 3. The zero-order chi connectivity index (χ0) is 16.3. The van der Waals surface area contributed by atoms with Crippen LogP contribution in [0.2, 0.25) is 0 Å². The number of benzene rings is 2. The first-order valence-electron chi connectivity index (χ1n) is 6.57. The van der Waals surface area contributed by atoms with Gasteiger partial charge < -0.3 is 0 Å². The fourth-order valence-electron chi connectivity index (χ4n) is 2.17. The van der Waals surface area contributed by atoms with E-state index in [4.69, 9.17) is 0 Å². The molecule has 6 nitrogen and oxygen atoms in total. The Hall–Kier alpha value is -3.02. The standard InChI is InChI=1S/C16H14N2O4/c1-11-7-3-5-9-14(11)17(12(2)19)16(20)13-8-4-6-10-15(13)18(21)22/h3-10H,1-2H3. The number of imide groups is 1. The molecule has 6 heteroatoms. The second-order valence-corrected chi connectivity index (χ2v) is 4.72. The summed E-state index contributed by atoms with van der Waals surface area (Å²) < 4.78 is 0. The van der Waals surface area contributed by atoms with Gasteiger partial charge in [-0.15, -0.1) is 0 Å². The van der Waals surface area contributed by atoms with Crippen LogP contribution in [0, 0.1) is 17.0 Å². The lowest BCUT2D eigenvalue weighted by atomic mass is 10.1. The number of hydrogen-bond acceptors (Lipinski definition) is 4. The fraction of sp³-hybridized carbons (Fsp3) is 0.125. The molecule has 2 aromatic rings.